The highest BCUT2D eigenvalue weighted by Gasteiger charge is 2.30. The van der Waals surface area contributed by atoms with Crippen molar-refractivity contribution >= 4 is 12.4 Å². The molecule has 1 atom stereocenters. The number of phenols is 1. The van der Waals surface area contributed by atoms with Gasteiger partial charge in [-0.3, -0.25) is 0 Å². The zero-order chi connectivity index (χ0) is 12.5. The highest BCUT2D eigenvalue weighted by molar-refractivity contribution is 5.85. The average Bonchev–Trinajstić information content (AvgIpc) is 2.25. The molecule has 0 saturated heterocycles. The third-order valence-corrected chi connectivity index (χ3v) is 2.68. The van der Waals surface area contributed by atoms with Crippen LogP contribution in [0.1, 0.15) is 25.5 Å². The molecule has 0 aromatic heterocycles. The predicted octanol–water partition coefficient (Wildman–Crippen LogP) is 2.11. The average molecular weight is 268 g/mol. The van der Waals surface area contributed by atoms with Gasteiger partial charge in [-0.1, -0.05) is 19.9 Å². The number of phenolic OH excluding ortho intramolecular Hbond substituents is 1. The molecule has 0 amide bonds. The molecule has 0 fully saturated rings. The molecule has 0 saturated carbocycles. The van der Waals surface area contributed by atoms with E-state index in [1.807, 2.05) is 0 Å². The van der Waals surface area contributed by atoms with Gasteiger partial charge < -0.3 is 15.9 Å². The lowest BCUT2D eigenvalue weighted by Gasteiger charge is -2.30. The van der Waals surface area contributed by atoms with Crippen molar-refractivity contribution in [2.45, 2.75) is 19.9 Å². The Hall–Kier alpha value is -0.910. The molecule has 0 aliphatic heterocycles. The minimum Gasteiger partial charge on any atom is -0.505 e. The first-order chi connectivity index (χ1) is 7.31. The Balaban J connectivity index is 0.00000256. The van der Waals surface area contributed by atoms with Crippen molar-refractivity contribution in [3.63, 3.8) is 0 Å². The molecule has 1 aromatic carbocycles. The number of nitrogens with two attached hydrogens (primary N) is 1. The normalized spacial score (nSPS) is 13.1. The van der Waals surface area contributed by atoms with Crippen LogP contribution in [0.4, 0.5) is 8.78 Å². The lowest BCUT2D eigenvalue weighted by atomic mass is 9.81. The summed E-state index contributed by atoms with van der Waals surface area (Å²) in [7, 11) is 0. The van der Waals surface area contributed by atoms with E-state index in [9.17, 15) is 13.9 Å². The SMILES string of the molecule is CC(C)(CO)[C@H](N)c1ccc(F)c(F)c1O.Cl. The molecule has 98 valence electrons. The Morgan fingerprint density at radius 2 is 1.88 bits per heavy atom. The molecule has 0 bridgehead atoms. The van der Waals surface area contributed by atoms with Crippen molar-refractivity contribution in [3.8, 4) is 5.75 Å². The van der Waals surface area contributed by atoms with Crippen LogP contribution in [0.15, 0.2) is 12.1 Å². The maximum Gasteiger partial charge on any atom is 0.200 e. The quantitative estimate of drug-likeness (QED) is 0.786. The zero-order valence-corrected chi connectivity index (χ0v) is 10.4. The van der Waals surface area contributed by atoms with Gasteiger partial charge in [0.15, 0.2) is 11.6 Å². The zero-order valence-electron chi connectivity index (χ0n) is 9.58. The largest absolute Gasteiger partial charge is 0.505 e. The molecule has 3 nitrogen and oxygen atoms in total. The Bertz CT molecular complexity index is 399. The number of hydrogen-bond acceptors (Lipinski definition) is 3. The van der Waals surface area contributed by atoms with Crippen LogP contribution in [-0.2, 0) is 0 Å². The van der Waals surface area contributed by atoms with E-state index in [1.165, 1.54) is 6.07 Å². The lowest BCUT2D eigenvalue weighted by molar-refractivity contribution is 0.131. The second kappa shape index (κ2) is 5.62. The Morgan fingerprint density at radius 1 is 1.35 bits per heavy atom. The van der Waals surface area contributed by atoms with Gasteiger partial charge in [0.05, 0.1) is 0 Å². The molecule has 1 rings (SSSR count). The van der Waals surface area contributed by atoms with Crippen LogP contribution in [0.5, 0.6) is 5.75 Å². The number of aromatic hydroxyl groups is 1. The number of aliphatic hydroxyl groups is 1. The number of rotatable bonds is 3. The predicted molar refractivity (Wildman–Crippen MR) is 63.1 cm³/mol. The van der Waals surface area contributed by atoms with Crippen molar-refractivity contribution in [2.75, 3.05) is 6.61 Å². The molecular formula is C11H16ClF2NO2. The minimum atomic E-state index is -1.32. The van der Waals surface area contributed by atoms with Gasteiger partial charge in [0.2, 0.25) is 5.82 Å². The van der Waals surface area contributed by atoms with Crippen molar-refractivity contribution < 1.29 is 19.0 Å². The summed E-state index contributed by atoms with van der Waals surface area (Å²) < 4.78 is 25.9. The van der Waals surface area contributed by atoms with E-state index in [-0.39, 0.29) is 24.6 Å². The Morgan fingerprint density at radius 3 is 2.35 bits per heavy atom. The summed E-state index contributed by atoms with van der Waals surface area (Å²) in [5.41, 5.74) is 5.14. The van der Waals surface area contributed by atoms with E-state index in [0.29, 0.717) is 0 Å². The van der Waals surface area contributed by atoms with Gasteiger partial charge in [0.1, 0.15) is 0 Å². The van der Waals surface area contributed by atoms with Crippen molar-refractivity contribution in [3.05, 3.63) is 29.3 Å². The molecule has 1 aromatic rings. The van der Waals surface area contributed by atoms with Crippen molar-refractivity contribution in [1.29, 1.82) is 0 Å². The van der Waals surface area contributed by atoms with Gasteiger partial charge >= 0.3 is 0 Å². The van der Waals surface area contributed by atoms with E-state index in [4.69, 9.17) is 10.8 Å². The summed E-state index contributed by atoms with van der Waals surface area (Å²) in [5, 5.41) is 18.5. The smallest absolute Gasteiger partial charge is 0.200 e. The third kappa shape index (κ3) is 3.06. The van der Waals surface area contributed by atoms with Gasteiger partial charge in [-0.15, -0.1) is 12.4 Å². The van der Waals surface area contributed by atoms with E-state index in [0.717, 1.165) is 6.07 Å². The maximum absolute atomic E-state index is 13.1. The maximum atomic E-state index is 13.1. The van der Waals surface area contributed by atoms with Crippen LogP contribution in [0.25, 0.3) is 0 Å². The van der Waals surface area contributed by atoms with Crippen LogP contribution in [0.2, 0.25) is 0 Å². The lowest BCUT2D eigenvalue weighted by Crippen LogP contribution is -2.32. The van der Waals surface area contributed by atoms with Crippen LogP contribution in [0.3, 0.4) is 0 Å². The van der Waals surface area contributed by atoms with Crippen LogP contribution < -0.4 is 5.73 Å². The monoisotopic (exact) mass is 267 g/mol. The molecule has 4 N–H and O–H groups in total. The molecule has 0 aliphatic carbocycles. The van der Waals surface area contributed by atoms with Crippen molar-refractivity contribution in [1.82, 2.24) is 0 Å². The van der Waals surface area contributed by atoms with E-state index in [2.05, 4.69) is 0 Å². The summed E-state index contributed by atoms with van der Waals surface area (Å²) in [6.07, 6.45) is 0. The molecule has 6 heteroatoms. The van der Waals surface area contributed by atoms with Gasteiger partial charge in [0.25, 0.3) is 0 Å². The van der Waals surface area contributed by atoms with Gasteiger partial charge in [-0.05, 0) is 6.07 Å². The third-order valence-electron chi connectivity index (χ3n) is 2.68. The molecule has 17 heavy (non-hydrogen) atoms. The highest BCUT2D eigenvalue weighted by Crippen LogP contribution is 2.36. The first-order valence-corrected chi connectivity index (χ1v) is 4.84. The second-order valence-electron chi connectivity index (χ2n) is 4.42. The minimum absolute atomic E-state index is 0. The molecular weight excluding hydrogens is 252 g/mol. The summed E-state index contributed by atoms with van der Waals surface area (Å²) in [6, 6.07) is 1.33. The summed E-state index contributed by atoms with van der Waals surface area (Å²) >= 11 is 0. The van der Waals surface area contributed by atoms with E-state index >= 15 is 0 Å². The Kier molecular flexibility index (Phi) is 5.32. The fourth-order valence-corrected chi connectivity index (χ4v) is 1.33. The fraction of sp³-hybridized carbons (Fsp3) is 0.455. The number of halogens is 3. The van der Waals surface area contributed by atoms with E-state index in [1.54, 1.807) is 13.8 Å². The van der Waals surface area contributed by atoms with Crippen LogP contribution in [0, 0.1) is 17.0 Å². The summed E-state index contributed by atoms with van der Waals surface area (Å²) in [5.74, 6) is -3.24. The van der Waals surface area contributed by atoms with Gasteiger partial charge in [-0.2, -0.15) is 4.39 Å². The van der Waals surface area contributed by atoms with Gasteiger partial charge in [-0.25, -0.2) is 4.39 Å². The number of hydrogen-bond donors (Lipinski definition) is 3. The molecule has 0 spiro atoms. The molecule has 0 aliphatic rings. The van der Waals surface area contributed by atoms with Crippen LogP contribution in [-0.4, -0.2) is 16.8 Å². The van der Waals surface area contributed by atoms with Crippen molar-refractivity contribution in [2.24, 2.45) is 11.1 Å². The topological polar surface area (TPSA) is 66.5 Å². The van der Waals surface area contributed by atoms with E-state index < -0.39 is 28.8 Å². The summed E-state index contributed by atoms with van der Waals surface area (Å²) in [4.78, 5) is 0. The second-order valence-corrected chi connectivity index (χ2v) is 4.42. The number of benzene rings is 1. The first-order valence-electron chi connectivity index (χ1n) is 4.84. The highest BCUT2D eigenvalue weighted by atomic mass is 35.5. The van der Waals surface area contributed by atoms with Crippen LogP contribution >= 0.6 is 12.4 Å². The molecule has 0 heterocycles. The van der Waals surface area contributed by atoms with Gasteiger partial charge in [0, 0.05) is 23.6 Å². The fourth-order valence-electron chi connectivity index (χ4n) is 1.33. The molecule has 0 unspecified atom stereocenters. The molecule has 0 radical (unpaired) electrons. The first kappa shape index (κ1) is 16.1. The number of aliphatic hydroxyl groups excluding tert-OH is 1. The Labute approximate surface area is 105 Å². The standard InChI is InChI=1S/C11H15F2NO2.ClH/c1-11(2,5-15)10(14)6-3-4-7(12)8(13)9(6)16;/h3-4,10,15-16H,5,14H2,1-2H3;1H/t10-;/m1./s1. The summed E-state index contributed by atoms with van der Waals surface area (Å²) in [6.45, 7) is 3.10.